The summed E-state index contributed by atoms with van der Waals surface area (Å²) in [5, 5.41) is 2.94. The van der Waals surface area contributed by atoms with Gasteiger partial charge in [-0.2, -0.15) is 0 Å². The first kappa shape index (κ1) is 22.5. The van der Waals surface area contributed by atoms with Gasteiger partial charge in [0.25, 0.3) is 5.91 Å². The molecule has 1 fully saturated rings. The van der Waals surface area contributed by atoms with E-state index in [1.807, 2.05) is 35.7 Å². The molecule has 25 heavy (non-hydrogen) atoms. The number of thioether (sulfide) groups is 2. The minimum atomic E-state index is -0.107. The van der Waals surface area contributed by atoms with E-state index in [9.17, 15) is 4.79 Å². The summed E-state index contributed by atoms with van der Waals surface area (Å²) < 4.78 is 6.12. The molecular weight excluding hydrogens is 376 g/mol. The number of unbranched alkanes of at least 4 members (excludes halogenated alkanes) is 1. The van der Waals surface area contributed by atoms with E-state index in [4.69, 9.17) is 10.5 Å². The summed E-state index contributed by atoms with van der Waals surface area (Å²) in [6.45, 7) is 2.64. The molecule has 0 saturated carbocycles. The molecule has 0 bridgehead atoms. The Morgan fingerprint density at radius 2 is 2.00 bits per heavy atom. The lowest BCUT2D eigenvalue weighted by molar-refractivity contribution is -0.123. The molecule has 4 nitrogen and oxygen atoms in total. The maximum atomic E-state index is 12.0. The Balaban J connectivity index is 0.00000312. The maximum Gasteiger partial charge on any atom is 0.258 e. The SMILES string of the molecule is CCCCC(CN)NC(=O)COc1ccc(C2SCCCS2)cc1.Cl. The third-order valence-corrected chi connectivity index (χ3v) is 6.92. The predicted octanol–water partition coefficient (Wildman–Crippen LogP) is 3.99. The van der Waals surface area contributed by atoms with Gasteiger partial charge in [0.1, 0.15) is 5.75 Å². The summed E-state index contributed by atoms with van der Waals surface area (Å²) in [6.07, 6.45) is 4.39. The van der Waals surface area contributed by atoms with Crippen LogP contribution in [0, 0.1) is 0 Å². The summed E-state index contributed by atoms with van der Waals surface area (Å²) in [7, 11) is 0. The number of carbonyl (C=O) groups excluding carboxylic acids is 1. The first-order chi connectivity index (χ1) is 11.7. The van der Waals surface area contributed by atoms with Gasteiger partial charge in [0, 0.05) is 12.6 Å². The van der Waals surface area contributed by atoms with Crippen LogP contribution in [0.4, 0.5) is 0 Å². The van der Waals surface area contributed by atoms with Crippen molar-refractivity contribution in [2.45, 2.75) is 43.2 Å². The molecule has 1 aromatic rings. The maximum absolute atomic E-state index is 12.0. The van der Waals surface area contributed by atoms with Gasteiger partial charge in [0.05, 0.1) is 4.58 Å². The molecule has 1 aliphatic heterocycles. The van der Waals surface area contributed by atoms with Crippen LogP contribution < -0.4 is 15.8 Å². The molecule has 1 aromatic carbocycles. The van der Waals surface area contributed by atoms with E-state index >= 15 is 0 Å². The summed E-state index contributed by atoms with van der Waals surface area (Å²) in [6, 6.07) is 8.16. The fourth-order valence-electron chi connectivity index (χ4n) is 2.52. The topological polar surface area (TPSA) is 64.3 Å². The summed E-state index contributed by atoms with van der Waals surface area (Å²) in [4.78, 5) is 12.0. The van der Waals surface area contributed by atoms with Crippen molar-refractivity contribution >= 4 is 41.8 Å². The number of hydrogen-bond donors (Lipinski definition) is 2. The predicted molar refractivity (Wildman–Crippen MR) is 112 cm³/mol. The van der Waals surface area contributed by atoms with Gasteiger partial charge in [-0.05, 0) is 42.0 Å². The Morgan fingerprint density at radius 1 is 1.32 bits per heavy atom. The molecule has 0 spiro atoms. The number of ether oxygens (including phenoxy) is 1. The number of carbonyl (C=O) groups is 1. The van der Waals surface area contributed by atoms with Gasteiger partial charge in [-0.25, -0.2) is 0 Å². The van der Waals surface area contributed by atoms with Gasteiger partial charge in [0.2, 0.25) is 0 Å². The molecule has 1 saturated heterocycles. The second-order valence-corrected chi connectivity index (χ2v) is 8.65. The highest BCUT2D eigenvalue weighted by Crippen LogP contribution is 2.43. The van der Waals surface area contributed by atoms with Gasteiger partial charge >= 0.3 is 0 Å². The standard InChI is InChI=1S/C18H28N2O2S2.ClH/c1-2-3-5-15(12-19)20-17(21)13-22-16-8-6-14(7-9-16)18-23-10-4-11-24-18;/h6-9,15,18H,2-5,10-13,19H2,1H3,(H,20,21);1H. The highest BCUT2D eigenvalue weighted by molar-refractivity contribution is 8.16. The molecule has 1 atom stereocenters. The van der Waals surface area contributed by atoms with E-state index < -0.39 is 0 Å². The van der Waals surface area contributed by atoms with Crippen LogP contribution in [0.15, 0.2) is 24.3 Å². The van der Waals surface area contributed by atoms with E-state index in [1.165, 1.54) is 23.5 Å². The van der Waals surface area contributed by atoms with Crippen LogP contribution in [-0.4, -0.2) is 36.6 Å². The quantitative estimate of drug-likeness (QED) is 0.651. The normalized spacial score (nSPS) is 15.9. The number of amides is 1. The lowest BCUT2D eigenvalue weighted by Gasteiger charge is -2.21. The number of halogens is 1. The van der Waals surface area contributed by atoms with E-state index in [0.717, 1.165) is 25.0 Å². The molecule has 142 valence electrons. The molecule has 0 aliphatic carbocycles. The van der Waals surface area contributed by atoms with Crippen molar-refractivity contribution < 1.29 is 9.53 Å². The molecule has 3 N–H and O–H groups in total. The van der Waals surface area contributed by atoms with Crippen molar-refractivity contribution in [1.29, 1.82) is 0 Å². The van der Waals surface area contributed by atoms with Crippen LogP contribution in [-0.2, 0) is 4.79 Å². The average molecular weight is 405 g/mol. The van der Waals surface area contributed by atoms with Crippen molar-refractivity contribution in [3.63, 3.8) is 0 Å². The van der Waals surface area contributed by atoms with Crippen molar-refractivity contribution in [2.75, 3.05) is 24.7 Å². The molecule has 2 rings (SSSR count). The van der Waals surface area contributed by atoms with E-state index in [1.54, 1.807) is 0 Å². The Kier molecular flexibility index (Phi) is 11.5. The van der Waals surface area contributed by atoms with E-state index in [-0.39, 0.29) is 31.0 Å². The Labute approximate surface area is 165 Å². The minimum Gasteiger partial charge on any atom is -0.484 e. The van der Waals surface area contributed by atoms with Gasteiger partial charge in [-0.3, -0.25) is 4.79 Å². The van der Waals surface area contributed by atoms with Crippen molar-refractivity contribution in [3.05, 3.63) is 29.8 Å². The molecular formula is C18H29ClN2O2S2. The molecule has 1 unspecified atom stereocenters. The molecule has 1 heterocycles. The van der Waals surface area contributed by atoms with Crippen molar-refractivity contribution in [3.8, 4) is 5.75 Å². The van der Waals surface area contributed by atoms with Crippen LogP contribution in [0.2, 0.25) is 0 Å². The fraction of sp³-hybridized carbons (Fsp3) is 0.611. The summed E-state index contributed by atoms with van der Waals surface area (Å²) in [5.41, 5.74) is 7.02. The molecule has 0 radical (unpaired) electrons. The van der Waals surface area contributed by atoms with Gasteiger partial charge in [0.15, 0.2) is 6.61 Å². The number of nitrogens with two attached hydrogens (primary N) is 1. The van der Waals surface area contributed by atoms with Crippen molar-refractivity contribution in [2.24, 2.45) is 5.73 Å². The van der Waals surface area contributed by atoms with Crippen molar-refractivity contribution in [1.82, 2.24) is 5.32 Å². The highest BCUT2D eigenvalue weighted by atomic mass is 35.5. The van der Waals surface area contributed by atoms with Gasteiger partial charge in [-0.15, -0.1) is 35.9 Å². The van der Waals surface area contributed by atoms with Crippen LogP contribution in [0.5, 0.6) is 5.75 Å². The van der Waals surface area contributed by atoms with Crippen LogP contribution in [0.25, 0.3) is 0 Å². The average Bonchev–Trinajstić information content (AvgIpc) is 2.64. The lowest BCUT2D eigenvalue weighted by Crippen LogP contribution is -2.42. The number of hydrogen-bond acceptors (Lipinski definition) is 5. The smallest absolute Gasteiger partial charge is 0.258 e. The Bertz CT molecular complexity index is 496. The van der Waals surface area contributed by atoms with E-state index in [0.29, 0.717) is 11.1 Å². The zero-order chi connectivity index (χ0) is 17.2. The Morgan fingerprint density at radius 3 is 2.60 bits per heavy atom. The zero-order valence-electron chi connectivity index (χ0n) is 14.7. The Hall–Kier alpha value is -0.560. The number of benzene rings is 1. The van der Waals surface area contributed by atoms with E-state index in [2.05, 4.69) is 24.4 Å². The zero-order valence-corrected chi connectivity index (χ0v) is 17.2. The monoisotopic (exact) mass is 404 g/mol. The van der Waals surface area contributed by atoms with Crippen LogP contribution >= 0.6 is 35.9 Å². The van der Waals surface area contributed by atoms with Gasteiger partial charge in [-0.1, -0.05) is 31.9 Å². The van der Waals surface area contributed by atoms with Crippen LogP contribution in [0.3, 0.4) is 0 Å². The molecule has 1 aliphatic rings. The third-order valence-electron chi connectivity index (χ3n) is 3.91. The molecule has 7 heteroatoms. The number of nitrogens with one attached hydrogen (secondary N) is 1. The summed E-state index contributed by atoms with van der Waals surface area (Å²) >= 11 is 4.00. The second-order valence-electron chi connectivity index (χ2n) is 5.93. The molecule has 0 aromatic heterocycles. The summed E-state index contributed by atoms with van der Waals surface area (Å²) in [5.74, 6) is 3.09. The first-order valence-corrected chi connectivity index (χ1v) is 10.8. The molecule has 1 amide bonds. The van der Waals surface area contributed by atoms with Gasteiger partial charge < -0.3 is 15.8 Å². The third kappa shape index (κ3) is 8.11. The second kappa shape index (κ2) is 12.7. The fourth-order valence-corrected chi connectivity index (χ4v) is 5.41. The largest absolute Gasteiger partial charge is 0.484 e. The lowest BCUT2D eigenvalue weighted by atomic mass is 10.1. The van der Waals surface area contributed by atoms with Crippen LogP contribution in [0.1, 0.15) is 42.8 Å². The minimum absolute atomic E-state index is 0. The highest BCUT2D eigenvalue weighted by Gasteiger charge is 2.16. The first-order valence-electron chi connectivity index (χ1n) is 8.68. The number of rotatable bonds is 9.